The van der Waals surface area contributed by atoms with Crippen LogP contribution in [0.15, 0.2) is 24.7 Å². The molecule has 9 heteroatoms. The molecule has 0 radical (unpaired) electrons. The Labute approximate surface area is 224 Å². The van der Waals surface area contributed by atoms with Gasteiger partial charge >= 0.3 is 6.09 Å². The van der Waals surface area contributed by atoms with Gasteiger partial charge in [0.2, 0.25) is 0 Å². The summed E-state index contributed by atoms with van der Waals surface area (Å²) in [5, 5.41) is 9.42. The Hall–Kier alpha value is -3.41. The fourth-order valence-corrected chi connectivity index (χ4v) is 7.47. The molecule has 9 nitrogen and oxygen atoms in total. The van der Waals surface area contributed by atoms with E-state index in [1.807, 2.05) is 52.6 Å². The molecule has 2 spiro atoms. The lowest BCUT2D eigenvalue weighted by molar-refractivity contribution is -0.00198. The summed E-state index contributed by atoms with van der Waals surface area (Å²) in [7, 11) is 1.89. The summed E-state index contributed by atoms with van der Waals surface area (Å²) in [4.78, 5) is 33.7. The van der Waals surface area contributed by atoms with E-state index in [-0.39, 0.29) is 29.0 Å². The zero-order valence-electron chi connectivity index (χ0n) is 23.2. The van der Waals surface area contributed by atoms with Crippen molar-refractivity contribution >= 4 is 23.5 Å². The van der Waals surface area contributed by atoms with Crippen LogP contribution < -0.4 is 9.80 Å². The Morgan fingerprint density at radius 2 is 1.92 bits per heavy atom. The number of nitriles is 1. The van der Waals surface area contributed by atoms with Gasteiger partial charge in [0.1, 0.15) is 29.4 Å². The van der Waals surface area contributed by atoms with Crippen LogP contribution in [0.4, 0.5) is 22.2 Å². The number of aromatic nitrogens is 3. The van der Waals surface area contributed by atoms with E-state index in [0.717, 1.165) is 49.7 Å². The number of carbonyl (C=O) groups is 1. The third kappa shape index (κ3) is 3.35. The van der Waals surface area contributed by atoms with Crippen LogP contribution in [0.5, 0.6) is 0 Å². The second kappa shape index (κ2) is 8.29. The third-order valence-corrected chi connectivity index (χ3v) is 9.17. The van der Waals surface area contributed by atoms with Crippen molar-refractivity contribution in [3.63, 3.8) is 0 Å². The highest BCUT2D eigenvalue weighted by Gasteiger charge is 2.81. The van der Waals surface area contributed by atoms with E-state index in [9.17, 15) is 10.1 Å². The quantitative estimate of drug-likeness (QED) is 0.568. The fourth-order valence-electron chi connectivity index (χ4n) is 7.47. The molecule has 4 atom stereocenters. The number of hydrogen-bond donors (Lipinski definition) is 0. The number of piperidine rings is 2. The molecule has 8 rings (SSSR count). The summed E-state index contributed by atoms with van der Waals surface area (Å²) in [6.45, 7) is 10.5. The van der Waals surface area contributed by atoms with Crippen LogP contribution in [0.25, 0.3) is 0 Å². The number of ether oxygens (including phenoxy) is 1. The highest BCUT2D eigenvalue weighted by Crippen LogP contribution is 2.74. The molecule has 2 bridgehead atoms. The van der Waals surface area contributed by atoms with Gasteiger partial charge in [0.15, 0.2) is 0 Å². The lowest BCUT2D eigenvalue weighted by atomic mass is 9.66. The van der Waals surface area contributed by atoms with Gasteiger partial charge in [0.05, 0.1) is 23.7 Å². The monoisotopic (exact) mass is 515 g/mol. The van der Waals surface area contributed by atoms with Gasteiger partial charge in [0, 0.05) is 42.2 Å². The van der Waals surface area contributed by atoms with Gasteiger partial charge in [-0.25, -0.2) is 19.7 Å². The van der Waals surface area contributed by atoms with E-state index in [0.29, 0.717) is 11.6 Å². The summed E-state index contributed by atoms with van der Waals surface area (Å²) < 4.78 is 5.71. The zero-order valence-corrected chi connectivity index (χ0v) is 23.2. The van der Waals surface area contributed by atoms with Gasteiger partial charge in [-0.2, -0.15) is 5.26 Å². The lowest BCUT2D eigenvalue weighted by Gasteiger charge is -2.48. The lowest BCUT2D eigenvalue weighted by Crippen LogP contribution is -2.60. The minimum Gasteiger partial charge on any atom is -0.444 e. The van der Waals surface area contributed by atoms with Gasteiger partial charge in [-0.3, -0.25) is 0 Å². The van der Waals surface area contributed by atoms with Crippen LogP contribution in [0.2, 0.25) is 0 Å². The number of pyridine rings is 1. The molecule has 1 unspecified atom stereocenters. The highest BCUT2D eigenvalue weighted by atomic mass is 16.6. The Bertz CT molecular complexity index is 1330. The average Bonchev–Trinajstić information content (AvgIpc) is 3.25. The van der Waals surface area contributed by atoms with Crippen LogP contribution in [-0.2, 0) is 10.2 Å². The van der Waals surface area contributed by atoms with Crippen molar-refractivity contribution in [2.75, 3.05) is 23.4 Å². The van der Waals surface area contributed by atoms with Crippen LogP contribution in [0.3, 0.4) is 0 Å². The maximum Gasteiger partial charge on any atom is 0.410 e. The number of anilines is 3. The highest BCUT2D eigenvalue weighted by molar-refractivity contribution is 5.77. The third-order valence-electron chi connectivity index (χ3n) is 9.17. The maximum absolute atomic E-state index is 12.9. The van der Waals surface area contributed by atoms with Gasteiger partial charge < -0.3 is 19.4 Å². The summed E-state index contributed by atoms with van der Waals surface area (Å²) >= 11 is 0. The molecule has 5 fully saturated rings. The SMILES string of the molecule is CC.CN(C(=O)OC(C)(C)C)[C@@H]1[C@@H]2CC13C[C@@H]3N2c1ncnc2c1C1(CCC1)CN2c1cc(C#N)ccn1. The molecule has 200 valence electrons. The fraction of sp³-hybridized carbons (Fsp3) is 0.621. The van der Waals surface area contributed by atoms with Crippen molar-refractivity contribution < 1.29 is 9.53 Å². The Morgan fingerprint density at radius 3 is 2.55 bits per heavy atom. The number of likely N-dealkylation sites (N-methyl/N-ethyl adjacent to an activating group) is 1. The van der Waals surface area contributed by atoms with Crippen LogP contribution >= 0.6 is 0 Å². The largest absolute Gasteiger partial charge is 0.444 e. The number of rotatable bonds is 3. The summed E-state index contributed by atoms with van der Waals surface area (Å²) in [5.74, 6) is 2.71. The summed E-state index contributed by atoms with van der Waals surface area (Å²) in [6.07, 6.45) is 8.69. The van der Waals surface area contributed by atoms with E-state index in [4.69, 9.17) is 14.7 Å². The minimum atomic E-state index is -0.515. The number of carbonyl (C=O) groups excluding carboxylic acids is 1. The van der Waals surface area contributed by atoms with E-state index >= 15 is 0 Å². The first-order chi connectivity index (χ1) is 18.2. The summed E-state index contributed by atoms with van der Waals surface area (Å²) in [5.41, 5.74) is 1.48. The van der Waals surface area contributed by atoms with Gasteiger partial charge in [-0.05, 0) is 58.6 Å². The number of fused-ring (bicyclic) bond motifs is 2. The molecule has 2 aromatic heterocycles. The molecule has 3 saturated carbocycles. The molecule has 2 saturated heterocycles. The van der Waals surface area contributed by atoms with Crippen molar-refractivity contribution in [3.05, 3.63) is 35.8 Å². The second-order valence-electron chi connectivity index (χ2n) is 12.3. The molecule has 0 aromatic carbocycles. The molecule has 5 heterocycles. The Morgan fingerprint density at radius 1 is 1.18 bits per heavy atom. The molecular weight excluding hydrogens is 478 g/mol. The minimum absolute atomic E-state index is 0.0118. The van der Waals surface area contributed by atoms with Crippen LogP contribution in [-0.4, -0.2) is 63.3 Å². The van der Waals surface area contributed by atoms with Crippen molar-refractivity contribution in [2.45, 2.75) is 95.9 Å². The van der Waals surface area contributed by atoms with E-state index < -0.39 is 5.60 Å². The normalized spacial score (nSPS) is 28.7. The standard InChI is InChI=1S/C27H31N7O2.C2H6/c1-25(2,3)36-24(35)32(4)21-17-11-27(21)12-18(27)34(17)23-20-22(30-15-31-23)33(14-26(20)7-5-8-26)19-10-16(13-28)6-9-29-19;1-2/h6,9-10,15,17-18,21H,5,7-8,11-12,14H2,1-4H3;1-2H3/t17-,18-,21+,27?;/m0./s1. The zero-order chi connectivity index (χ0) is 27.0. The van der Waals surface area contributed by atoms with E-state index in [1.165, 1.54) is 12.0 Å². The average molecular weight is 516 g/mol. The van der Waals surface area contributed by atoms with E-state index in [2.05, 4.69) is 20.9 Å². The molecule has 38 heavy (non-hydrogen) atoms. The molecular formula is C29H37N7O2. The molecule has 1 amide bonds. The van der Waals surface area contributed by atoms with Crippen molar-refractivity contribution in [1.82, 2.24) is 19.9 Å². The van der Waals surface area contributed by atoms with Gasteiger partial charge in [-0.15, -0.1) is 0 Å². The number of amides is 1. The first-order valence-electron chi connectivity index (χ1n) is 13.9. The van der Waals surface area contributed by atoms with Crippen molar-refractivity contribution in [1.29, 1.82) is 5.26 Å². The Kier molecular flexibility index (Phi) is 5.43. The van der Waals surface area contributed by atoms with Crippen LogP contribution in [0, 0.1) is 16.7 Å². The van der Waals surface area contributed by atoms with Crippen molar-refractivity contribution in [2.24, 2.45) is 5.41 Å². The first-order valence-corrected chi connectivity index (χ1v) is 13.9. The molecule has 6 aliphatic rings. The van der Waals surface area contributed by atoms with Gasteiger partial charge in [0.25, 0.3) is 0 Å². The van der Waals surface area contributed by atoms with E-state index in [1.54, 1.807) is 18.6 Å². The summed E-state index contributed by atoms with van der Waals surface area (Å²) in [6, 6.07) is 6.60. The predicted molar refractivity (Wildman–Crippen MR) is 144 cm³/mol. The first kappa shape index (κ1) is 24.9. The molecule has 2 aromatic rings. The molecule has 0 N–H and O–H groups in total. The van der Waals surface area contributed by atoms with Crippen LogP contribution in [0.1, 0.15) is 77.8 Å². The second-order valence-corrected chi connectivity index (χ2v) is 12.3. The smallest absolute Gasteiger partial charge is 0.410 e. The molecule has 3 aliphatic heterocycles. The van der Waals surface area contributed by atoms with Crippen molar-refractivity contribution in [3.8, 4) is 6.07 Å². The number of hydrogen-bond acceptors (Lipinski definition) is 8. The Balaban J connectivity index is 0.00000129. The molecule has 3 aliphatic carbocycles. The predicted octanol–water partition coefficient (Wildman–Crippen LogP) is 4.93. The maximum atomic E-state index is 12.9. The number of nitrogens with zero attached hydrogens (tertiary/aromatic N) is 7. The van der Waals surface area contributed by atoms with Gasteiger partial charge in [-0.1, -0.05) is 20.3 Å². The topological polar surface area (TPSA) is 98.5 Å².